The molecule has 0 aromatic heterocycles. The van der Waals surface area contributed by atoms with Gasteiger partial charge in [-0.1, -0.05) is 13.8 Å². The molecule has 1 amide bonds. The van der Waals surface area contributed by atoms with Gasteiger partial charge in [-0.05, 0) is 39.9 Å². The smallest absolute Gasteiger partial charge is 0.262 e. The van der Waals surface area contributed by atoms with E-state index in [0.717, 1.165) is 12.1 Å². The number of likely N-dealkylation sites (tertiary alicyclic amines) is 1. The van der Waals surface area contributed by atoms with Gasteiger partial charge in [0.05, 0.1) is 10.0 Å². The van der Waals surface area contributed by atoms with Crippen molar-refractivity contribution in [2.45, 2.75) is 18.7 Å². The molecule has 2 unspecified atom stereocenters. The SMILES string of the molecule is CC1CN(C(=O)c2cc(F)cc(S(=O)(=O)Cl)c2Br)CC1C. The molecule has 1 aliphatic heterocycles. The molecule has 1 saturated heterocycles. The highest BCUT2D eigenvalue weighted by atomic mass is 79.9. The number of halogens is 3. The Bertz CT molecular complexity index is 685. The fraction of sp³-hybridized carbons (Fsp3) is 0.462. The Balaban J connectivity index is 2.45. The summed E-state index contributed by atoms with van der Waals surface area (Å²) >= 11 is 3.05. The number of nitrogens with zero attached hydrogens (tertiary/aromatic N) is 1. The summed E-state index contributed by atoms with van der Waals surface area (Å²) in [5, 5.41) is 0. The predicted molar refractivity (Wildman–Crippen MR) is 81.4 cm³/mol. The Morgan fingerprint density at radius 1 is 1.33 bits per heavy atom. The third-order valence-corrected chi connectivity index (χ3v) is 6.24. The van der Waals surface area contributed by atoms with Crippen LogP contribution in [0.25, 0.3) is 0 Å². The van der Waals surface area contributed by atoms with Gasteiger partial charge in [0.15, 0.2) is 0 Å². The van der Waals surface area contributed by atoms with Crippen molar-refractivity contribution in [3.05, 3.63) is 28.0 Å². The monoisotopic (exact) mass is 397 g/mol. The summed E-state index contributed by atoms with van der Waals surface area (Å²) in [5.74, 6) is -0.532. The zero-order valence-electron chi connectivity index (χ0n) is 11.4. The molecule has 0 saturated carbocycles. The fourth-order valence-corrected chi connectivity index (χ4v) is 4.62. The van der Waals surface area contributed by atoms with Crippen LogP contribution in [0.4, 0.5) is 4.39 Å². The minimum Gasteiger partial charge on any atom is -0.338 e. The van der Waals surface area contributed by atoms with Gasteiger partial charge in [0, 0.05) is 23.8 Å². The lowest BCUT2D eigenvalue weighted by Gasteiger charge is -2.18. The Labute approximate surface area is 135 Å². The average molecular weight is 399 g/mol. The topological polar surface area (TPSA) is 54.5 Å². The van der Waals surface area contributed by atoms with Crippen LogP contribution in [0.2, 0.25) is 0 Å². The van der Waals surface area contributed by atoms with Crippen molar-refractivity contribution in [3.8, 4) is 0 Å². The molecule has 116 valence electrons. The zero-order chi connectivity index (χ0) is 15.9. The molecule has 0 spiro atoms. The van der Waals surface area contributed by atoms with E-state index in [-0.39, 0.29) is 10.0 Å². The van der Waals surface area contributed by atoms with Crippen LogP contribution < -0.4 is 0 Å². The van der Waals surface area contributed by atoms with Crippen molar-refractivity contribution in [2.24, 2.45) is 11.8 Å². The van der Waals surface area contributed by atoms with Gasteiger partial charge in [-0.15, -0.1) is 0 Å². The number of rotatable bonds is 2. The number of hydrogen-bond donors (Lipinski definition) is 0. The minimum atomic E-state index is -4.14. The van der Waals surface area contributed by atoms with Gasteiger partial charge in [0.25, 0.3) is 15.0 Å². The highest BCUT2D eigenvalue weighted by Crippen LogP contribution is 2.32. The van der Waals surface area contributed by atoms with Crippen LogP contribution >= 0.6 is 26.6 Å². The van der Waals surface area contributed by atoms with Gasteiger partial charge in [0.2, 0.25) is 0 Å². The van der Waals surface area contributed by atoms with Crippen LogP contribution in [0, 0.1) is 17.7 Å². The number of amides is 1. The second-order valence-corrected chi connectivity index (χ2v) is 8.70. The summed E-state index contributed by atoms with van der Waals surface area (Å²) in [4.78, 5) is 13.6. The molecule has 2 rings (SSSR count). The van der Waals surface area contributed by atoms with E-state index in [1.165, 1.54) is 0 Å². The number of carbonyl (C=O) groups is 1. The molecule has 1 fully saturated rings. The third kappa shape index (κ3) is 3.40. The number of carbonyl (C=O) groups excluding carboxylic acids is 1. The summed E-state index contributed by atoms with van der Waals surface area (Å²) in [7, 11) is 1.13. The summed E-state index contributed by atoms with van der Waals surface area (Å²) < 4.78 is 36.5. The van der Waals surface area contributed by atoms with Crippen molar-refractivity contribution in [1.29, 1.82) is 0 Å². The molecule has 1 aliphatic rings. The maximum atomic E-state index is 13.6. The first-order valence-corrected chi connectivity index (χ1v) is 9.44. The van der Waals surface area contributed by atoms with Gasteiger partial charge in [-0.2, -0.15) is 0 Å². The van der Waals surface area contributed by atoms with Gasteiger partial charge in [0.1, 0.15) is 10.7 Å². The van der Waals surface area contributed by atoms with Crippen molar-refractivity contribution in [3.63, 3.8) is 0 Å². The van der Waals surface area contributed by atoms with Crippen LogP contribution in [-0.4, -0.2) is 32.3 Å². The van der Waals surface area contributed by atoms with Crippen molar-refractivity contribution >= 4 is 41.6 Å². The molecule has 4 nitrogen and oxygen atoms in total. The van der Waals surface area contributed by atoms with E-state index in [1.54, 1.807) is 4.90 Å². The van der Waals surface area contributed by atoms with Gasteiger partial charge in [-0.25, -0.2) is 12.8 Å². The quantitative estimate of drug-likeness (QED) is 0.719. The molecule has 0 N–H and O–H groups in total. The van der Waals surface area contributed by atoms with Gasteiger partial charge < -0.3 is 4.90 Å². The normalized spacial score (nSPS) is 22.6. The van der Waals surface area contributed by atoms with Crippen molar-refractivity contribution in [2.75, 3.05) is 13.1 Å². The number of hydrogen-bond acceptors (Lipinski definition) is 3. The fourth-order valence-electron chi connectivity index (χ4n) is 2.36. The van der Waals surface area contributed by atoms with E-state index in [4.69, 9.17) is 10.7 Å². The van der Waals surface area contributed by atoms with Crippen molar-refractivity contribution < 1.29 is 17.6 Å². The predicted octanol–water partition coefficient (Wildman–Crippen LogP) is 3.24. The standard InChI is InChI=1S/C13H14BrClFNO3S/c1-7-5-17(6-8(7)2)13(18)10-3-9(16)4-11(12(10)14)21(15,19)20/h3-4,7-8H,5-6H2,1-2H3. The Hall–Kier alpha value is -0.660. The molecule has 21 heavy (non-hydrogen) atoms. The number of benzene rings is 1. The average Bonchev–Trinajstić information content (AvgIpc) is 2.70. The summed E-state index contributed by atoms with van der Waals surface area (Å²) in [6, 6.07) is 1.81. The first-order chi connectivity index (χ1) is 9.61. The van der Waals surface area contributed by atoms with Crippen LogP contribution in [-0.2, 0) is 9.05 Å². The lowest BCUT2D eigenvalue weighted by molar-refractivity contribution is 0.0783. The summed E-state index contributed by atoms with van der Waals surface area (Å²) in [5.41, 5.74) is -0.0319. The third-order valence-electron chi connectivity index (χ3n) is 3.77. The Kier molecular flexibility index (Phi) is 4.66. The second-order valence-electron chi connectivity index (χ2n) is 5.37. The van der Waals surface area contributed by atoms with E-state index in [9.17, 15) is 17.6 Å². The van der Waals surface area contributed by atoms with Crippen LogP contribution in [0.5, 0.6) is 0 Å². The largest absolute Gasteiger partial charge is 0.338 e. The minimum absolute atomic E-state index is 0.00361. The van der Waals surface area contributed by atoms with E-state index in [1.807, 2.05) is 13.8 Å². The molecule has 2 atom stereocenters. The molecule has 0 aliphatic carbocycles. The first-order valence-electron chi connectivity index (χ1n) is 6.34. The van der Waals surface area contributed by atoms with E-state index in [2.05, 4.69) is 15.9 Å². The van der Waals surface area contributed by atoms with E-state index in [0.29, 0.717) is 24.9 Å². The molecular formula is C13H14BrClFNO3S. The van der Waals surface area contributed by atoms with Crippen LogP contribution in [0.1, 0.15) is 24.2 Å². The first kappa shape index (κ1) is 16.7. The molecule has 8 heteroatoms. The Morgan fingerprint density at radius 2 is 1.86 bits per heavy atom. The summed E-state index contributed by atoms with van der Waals surface area (Å²) in [6.07, 6.45) is 0. The highest BCUT2D eigenvalue weighted by molar-refractivity contribution is 9.10. The molecule has 1 aromatic rings. The van der Waals surface area contributed by atoms with E-state index >= 15 is 0 Å². The van der Waals surface area contributed by atoms with Gasteiger partial charge >= 0.3 is 0 Å². The maximum absolute atomic E-state index is 13.6. The van der Waals surface area contributed by atoms with Crippen LogP contribution in [0.15, 0.2) is 21.5 Å². The highest BCUT2D eigenvalue weighted by Gasteiger charge is 2.32. The van der Waals surface area contributed by atoms with E-state index < -0.39 is 25.7 Å². The molecule has 1 aromatic carbocycles. The lowest BCUT2D eigenvalue weighted by Crippen LogP contribution is -2.29. The molecule has 1 heterocycles. The maximum Gasteiger partial charge on any atom is 0.262 e. The second kappa shape index (κ2) is 5.85. The summed E-state index contributed by atoms with van der Waals surface area (Å²) in [6.45, 7) is 5.19. The zero-order valence-corrected chi connectivity index (χ0v) is 14.6. The van der Waals surface area contributed by atoms with Crippen LogP contribution in [0.3, 0.4) is 0 Å². The lowest BCUT2D eigenvalue weighted by atomic mass is 10.0. The van der Waals surface area contributed by atoms with Crippen molar-refractivity contribution in [1.82, 2.24) is 4.90 Å². The molecule has 0 bridgehead atoms. The van der Waals surface area contributed by atoms with Gasteiger partial charge in [-0.3, -0.25) is 4.79 Å². The molecular weight excluding hydrogens is 385 g/mol. The molecule has 0 radical (unpaired) electrons. The Morgan fingerprint density at radius 3 is 2.33 bits per heavy atom.